The van der Waals surface area contributed by atoms with Crippen molar-refractivity contribution in [3.8, 4) is 0 Å². The maximum Gasteiger partial charge on any atom is 0.0589 e. The fraction of sp³-hybridized carbons (Fsp3) is 0.538. The number of hydrogen-bond donors (Lipinski definition) is 0. The summed E-state index contributed by atoms with van der Waals surface area (Å²) in [6.07, 6.45) is 2.71. The van der Waals surface area contributed by atoms with Gasteiger partial charge in [0.1, 0.15) is 0 Å². The Kier molecular flexibility index (Phi) is 4.61. The van der Waals surface area contributed by atoms with Crippen LogP contribution >= 0.6 is 22.6 Å². The van der Waals surface area contributed by atoms with Gasteiger partial charge in [-0.05, 0) is 53.1 Å². The van der Waals surface area contributed by atoms with Gasteiger partial charge in [0.25, 0.3) is 0 Å². The van der Waals surface area contributed by atoms with Crippen LogP contribution in [0.2, 0.25) is 0 Å². The highest BCUT2D eigenvalue weighted by molar-refractivity contribution is 14.1. The molecule has 0 heterocycles. The molecule has 0 N–H and O–H groups in total. The topological polar surface area (TPSA) is 12.5 Å². The number of nitrogens with zero attached hydrogens (tertiary/aromatic N) is 1. The van der Waals surface area contributed by atoms with E-state index in [1.807, 2.05) is 0 Å². The van der Waals surface area contributed by atoms with Crippen molar-refractivity contribution < 1.29 is 4.74 Å². The van der Waals surface area contributed by atoms with Gasteiger partial charge >= 0.3 is 0 Å². The number of benzene rings is 1. The molecular formula is C13H18INO. The van der Waals surface area contributed by atoms with E-state index in [9.17, 15) is 0 Å². The summed E-state index contributed by atoms with van der Waals surface area (Å²) in [7, 11) is 1.77. The van der Waals surface area contributed by atoms with Crippen LogP contribution in [0.25, 0.3) is 0 Å². The van der Waals surface area contributed by atoms with E-state index in [2.05, 4.69) is 51.8 Å². The molecule has 1 aliphatic carbocycles. The van der Waals surface area contributed by atoms with Crippen LogP contribution < -0.4 is 0 Å². The molecule has 2 rings (SSSR count). The van der Waals surface area contributed by atoms with E-state index in [0.717, 1.165) is 25.7 Å². The molecule has 0 atom stereocenters. The number of rotatable bonds is 6. The molecule has 0 amide bonds. The lowest BCUT2D eigenvalue weighted by Gasteiger charge is -2.21. The summed E-state index contributed by atoms with van der Waals surface area (Å²) in [6.45, 7) is 2.94. The minimum atomic E-state index is 0.800. The molecule has 0 radical (unpaired) electrons. The van der Waals surface area contributed by atoms with Crippen molar-refractivity contribution >= 4 is 22.6 Å². The third kappa shape index (κ3) is 3.71. The van der Waals surface area contributed by atoms with Crippen molar-refractivity contribution in [2.45, 2.75) is 25.4 Å². The van der Waals surface area contributed by atoms with E-state index < -0.39 is 0 Å². The van der Waals surface area contributed by atoms with Gasteiger partial charge in [-0.15, -0.1) is 0 Å². The van der Waals surface area contributed by atoms with Gasteiger partial charge in [0, 0.05) is 29.8 Å². The van der Waals surface area contributed by atoms with Gasteiger partial charge in [0.2, 0.25) is 0 Å². The van der Waals surface area contributed by atoms with E-state index in [1.165, 1.54) is 22.0 Å². The molecule has 0 saturated heterocycles. The van der Waals surface area contributed by atoms with Gasteiger partial charge in [0.05, 0.1) is 6.61 Å². The molecule has 0 unspecified atom stereocenters. The number of ether oxygens (including phenoxy) is 1. The molecule has 0 spiro atoms. The lowest BCUT2D eigenvalue weighted by Crippen LogP contribution is -2.29. The number of methoxy groups -OCH3 is 1. The van der Waals surface area contributed by atoms with Gasteiger partial charge in [-0.25, -0.2) is 0 Å². The average molecular weight is 331 g/mol. The number of halogens is 1. The van der Waals surface area contributed by atoms with Crippen LogP contribution in [0, 0.1) is 3.57 Å². The fourth-order valence-electron chi connectivity index (χ4n) is 1.86. The van der Waals surface area contributed by atoms with E-state index in [4.69, 9.17) is 4.74 Å². The van der Waals surface area contributed by atoms with Crippen molar-refractivity contribution in [1.82, 2.24) is 4.90 Å². The van der Waals surface area contributed by atoms with E-state index in [1.54, 1.807) is 7.11 Å². The zero-order chi connectivity index (χ0) is 11.4. The van der Waals surface area contributed by atoms with E-state index in [0.29, 0.717) is 0 Å². The van der Waals surface area contributed by atoms with Crippen LogP contribution in [-0.2, 0) is 11.3 Å². The third-order valence-corrected chi connectivity index (χ3v) is 3.66. The molecule has 0 aliphatic heterocycles. The van der Waals surface area contributed by atoms with Crippen LogP contribution in [0.5, 0.6) is 0 Å². The van der Waals surface area contributed by atoms with E-state index >= 15 is 0 Å². The SMILES string of the molecule is COCCN(Cc1ccc(I)cc1)C1CC1. The van der Waals surface area contributed by atoms with Crippen LogP contribution in [0.1, 0.15) is 18.4 Å². The lowest BCUT2D eigenvalue weighted by molar-refractivity contribution is 0.139. The summed E-state index contributed by atoms with van der Waals surface area (Å²) in [5.74, 6) is 0. The first-order valence-electron chi connectivity index (χ1n) is 5.77. The van der Waals surface area contributed by atoms with Crippen molar-refractivity contribution in [2.75, 3.05) is 20.3 Å². The molecule has 16 heavy (non-hydrogen) atoms. The van der Waals surface area contributed by atoms with Gasteiger partial charge in [0.15, 0.2) is 0 Å². The van der Waals surface area contributed by atoms with Gasteiger partial charge in [-0.2, -0.15) is 0 Å². The van der Waals surface area contributed by atoms with Gasteiger partial charge in [-0.1, -0.05) is 12.1 Å². The Morgan fingerprint density at radius 3 is 2.56 bits per heavy atom. The maximum absolute atomic E-state index is 5.16. The summed E-state index contributed by atoms with van der Waals surface area (Å²) in [4.78, 5) is 2.53. The standard InChI is InChI=1S/C13H18INO/c1-16-9-8-15(13-6-7-13)10-11-2-4-12(14)5-3-11/h2-5,13H,6-10H2,1H3. The van der Waals surface area contributed by atoms with E-state index in [-0.39, 0.29) is 0 Å². The monoisotopic (exact) mass is 331 g/mol. The van der Waals surface area contributed by atoms with Gasteiger partial charge < -0.3 is 4.74 Å². The minimum absolute atomic E-state index is 0.800. The molecule has 1 aromatic carbocycles. The van der Waals surface area contributed by atoms with Crippen molar-refractivity contribution in [1.29, 1.82) is 0 Å². The molecule has 1 fully saturated rings. The summed E-state index contributed by atoms with van der Waals surface area (Å²) in [5, 5.41) is 0. The third-order valence-electron chi connectivity index (χ3n) is 2.94. The normalized spacial score (nSPS) is 15.7. The van der Waals surface area contributed by atoms with Crippen LogP contribution in [0.15, 0.2) is 24.3 Å². The Morgan fingerprint density at radius 2 is 2.00 bits per heavy atom. The largest absolute Gasteiger partial charge is 0.383 e. The summed E-state index contributed by atoms with van der Waals surface area (Å²) >= 11 is 2.34. The zero-order valence-corrected chi connectivity index (χ0v) is 11.8. The molecule has 2 nitrogen and oxygen atoms in total. The lowest BCUT2D eigenvalue weighted by atomic mass is 10.2. The highest BCUT2D eigenvalue weighted by Gasteiger charge is 2.28. The van der Waals surface area contributed by atoms with Crippen molar-refractivity contribution in [3.05, 3.63) is 33.4 Å². The fourth-order valence-corrected chi connectivity index (χ4v) is 2.22. The van der Waals surface area contributed by atoms with Gasteiger partial charge in [-0.3, -0.25) is 4.90 Å². The first kappa shape index (κ1) is 12.3. The Hall–Kier alpha value is -0.130. The molecule has 1 aromatic rings. The highest BCUT2D eigenvalue weighted by Crippen LogP contribution is 2.28. The molecule has 1 saturated carbocycles. The molecule has 0 bridgehead atoms. The van der Waals surface area contributed by atoms with Crippen LogP contribution in [0.3, 0.4) is 0 Å². The molecule has 3 heteroatoms. The maximum atomic E-state index is 5.16. The first-order valence-corrected chi connectivity index (χ1v) is 6.85. The Balaban J connectivity index is 1.91. The van der Waals surface area contributed by atoms with Crippen LogP contribution in [0.4, 0.5) is 0 Å². The van der Waals surface area contributed by atoms with Crippen LogP contribution in [-0.4, -0.2) is 31.2 Å². The molecule has 88 valence electrons. The highest BCUT2D eigenvalue weighted by atomic mass is 127. The first-order chi connectivity index (χ1) is 7.79. The summed E-state index contributed by atoms with van der Waals surface area (Å²) < 4.78 is 6.47. The molecule has 0 aromatic heterocycles. The predicted octanol–water partition coefficient (Wildman–Crippen LogP) is 2.90. The summed E-state index contributed by atoms with van der Waals surface area (Å²) in [6, 6.07) is 9.61. The molecular weight excluding hydrogens is 313 g/mol. The second kappa shape index (κ2) is 5.98. The second-order valence-corrected chi connectivity index (χ2v) is 5.57. The van der Waals surface area contributed by atoms with Crippen molar-refractivity contribution in [3.63, 3.8) is 0 Å². The summed E-state index contributed by atoms with van der Waals surface area (Å²) in [5.41, 5.74) is 1.41. The zero-order valence-electron chi connectivity index (χ0n) is 9.66. The predicted molar refractivity (Wildman–Crippen MR) is 74.5 cm³/mol. The number of hydrogen-bond acceptors (Lipinski definition) is 2. The Labute approximate surface area is 111 Å². The Morgan fingerprint density at radius 1 is 1.31 bits per heavy atom. The smallest absolute Gasteiger partial charge is 0.0589 e. The molecule has 1 aliphatic rings. The van der Waals surface area contributed by atoms with Crippen molar-refractivity contribution in [2.24, 2.45) is 0 Å². The second-order valence-electron chi connectivity index (χ2n) is 4.32. The minimum Gasteiger partial charge on any atom is -0.383 e. The average Bonchev–Trinajstić information content (AvgIpc) is 3.11. The Bertz CT molecular complexity index is 321. The quantitative estimate of drug-likeness (QED) is 0.743.